The summed E-state index contributed by atoms with van der Waals surface area (Å²) >= 11 is 6.12. The number of anilines is 2. The van der Waals surface area contributed by atoms with E-state index >= 15 is 0 Å². The van der Waals surface area contributed by atoms with E-state index in [0.717, 1.165) is 5.56 Å². The molecule has 2 aromatic rings. The van der Waals surface area contributed by atoms with Crippen molar-refractivity contribution < 1.29 is 14.4 Å². The molecule has 8 heteroatoms. The molecule has 0 radical (unpaired) electrons. The van der Waals surface area contributed by atoms with E-state index in [-0.39, 0.29) is 24.5 Å². The van der Waals surface area contributed by atoms with Crippen molar-refractivity contribution in [3.8, 4) is 0 Å². The monoisotopic (exact) mass is 384 g/mol. The number of halogens is 1. The summed E-state index contributed by atoms with van der Waals surface area (Å²) in [5.74, 6) is -1.18. The number of amides is 3. The number of nitrogens with two attached hydrogens (primary N) is 1. The second-order valence-corrected chi connectivity index (χ2v) is 6.49. The molecule has 0 bridgehead atoms. The van der Waals surface area contributed by atoms with Gasteiger partial charge in [-0.05, 0) is 48.9 Å². The Kier molecular flexibility index (Phi) is 5.23. The Morgan fingerprint density at radius 3 is 2.48 bits per heavy atom. The highest BCUT2D eigenvalue weighted by Gasteiger charge is 2.26. The first-order valence-electron chi connectivity index (χ1n) is 8.23. The molecular formula is C19H17ClN4O3. The van der Waals surface area contributed by atoms with Crippen LogP contribution in [0.15, 0.2) is 47.6 Å². The van der Waals surface area contributed by atoms with E-state index in [1.165, 1.54) is 17.1 Å². The minimum absolute atomic E-state index is 0.165. The van der Waals surface area contributed by atoms with Gasteiger partial charge in [0.05, 0.1) is 5.69 Å². The molecule has 3 N–H and O–H groups in total. The zero-order valence-corrected chi connectivity index (χ0v) is 15.3. The Bertz CT molecular complexity index is 954. The van der Waals surface area contributed by atoms with Gasteiger partial charge in [0.15, 0.2) is 0 Å². The van der Waals surface area contributed by atoms with Crippen LogP contribution in [-0.4, -0.2) is 23.4 Å². The summed E-state index contributed by atoms with van der Waals surface area (Å²) in [7, 11) is 0. The van der Waals surface area contributed by atoms with Crippen molar-refractivity contribution in [3.63, 3.8) is 0 Å². The second kappa shape index (κ2) is 7.59. The molecule has 3 amide bonds. The number of hydrogen-bond donors (Lipinski definition) is 2. The van der Waals surface area contributed by atoms with Crippen LogP contribution >= 0.6 is 11.6 Å². The zero-order chi connectivity index (χ0) is 19.6. The van der Waals surface area contributed by atoms with Gasteiger partial charge in [-0.3, -0.25) is 14.4 Å². The molecule has 7 nitrogen and oxygen atoms in total. The Balaban J connectivity index is 1.80. The topological polar surface area (TPSA) is 105 Å². The van der Waals surface area contributed by atoms with Gasteiger partial charge >= 0.3 is 0 Å². The Morgan fingerprint density at radius 2 is 1.85 bits per heavy atom. The first-order valence-corrected chi connectivity index (χ1v) is 8.61. The molecule has 0 saturated carbocycles. The van der Waals surface area contributed by atoms with Gasteiger partial charge in [-0.15, -0.1) is 0 Å². The predicted octanol–water partition coefficient (Wildman–Crippen LogP) is 2.87. The third-order valence-electron chi connectivity index (χ3n) is 4.12. The van der Waals surface area contributed by atoms with Gasteiger partial charge < -0.3 is 11.1 Å². The average Bonchev–Trinajstić information content (AvgIpc) is 2.65. The summed E-state index contributed by atoms with van der Waals surface area (Å²) < 4.78 is 0. The predicted molar refractivity (Wildman–Crippen MR) is 104 cm³/mol. The average molecular weight is 385 g/mol. The fourth-order valence-corrected chi connectivity index (χ4v) is 2.73. The van der Waals surface area contributed by atoms with Crippen molar-refractivity contribution in [2.75, 3.05) is 10.3 Å². The van der Waals surface area contributed by atoms with Crippen LogP contribution in [0.25, 0.3) is 0 Å². The first-order chi connectivity index (χ1) is 12.8. The number of primary amides is 1. The summed E-state index contributed by atoms with van der Waals surface area (Å²) in [5.41, 5.74) is 7.65. The number of carbonyl (C=O) groups is 3. The van der Waals surface area contributed by atoms with Crippen LogP contribution in [0.2, 0.25) is 5.02 Å². The largest absolute Gasteiger partial charge is 0.366 e. The fraction of sp³-hybridized carbons (Fsp3) is 0.158. The smallest absolute Gasteiger partial charge is 0.271 e. The molecule has 0 aromatic heterocycles. The Morgan fingerprint density at radius 1 is 1.15 bits per heavy atom. The SMILES string of the molecule is Cc1ccc(N2N=C(C(=O)Nc3ccc(C(N)=O)cc3)CCC2=O)cc1Cl. The summed E-state index contributed by atoms with van der Waals surface area (Å²) in [6, 6.07) is 11.3. The molecule has 0 unspecified atom stereocenters. The lowest BCUT2D eigenvalue weighted by Gasteiger charge is -2.23. The summed E-state index contributed by atoms with van der Waals surface area (Å²) in [4.78, 5) is 35.8. The molecule has 1 aliphatic heterocycles. The van der Waals surface area contributed by atoms with E-state index < -0.39 is 11.8 Å². The van der Waals surface area contributed by atoms with Crippen molar-refractivity contribution in [3.05, 3.63) is 58.6 Å². The van der Waals surface area contributed by atoms with E-state index in [4.69, 9.17) is 17.3 Å². The third-order valence-corrected chi connectivity index (χ3v) is 4.53. The van der Waals surface area contributed by atoms with Crippen LogP contribution in [0.3, 0.4) is 0 Å². The molecule has 138 valence electrons. The maximum Gasteiger partial charge on any atom is 0.271 e. The van der Waals surface area contributed by atoms with E-state index in [1.54, 1.807) is 30.3 Å². The molecule has 1 aliphatic rings. The van der Waals surface area contributed by atoms with Crippen LogP contribution in [0, 0.1) is 6.92 Å². The highest BCUT2D eigenvalue weighted by Crippen LogP contribution is 2.26. The van der Waals surface area contributed by atoms with Crippen LogP contribution in [-0.2, 0) is 9.59 Å². The number of benzene rings is 2. The quantitative estimate of drug-likeness (QED) is 0.846. The third kappa shape index (κ3) is 4.15. The molecule has 27 heavy (non-hydrogen) atoms. The molecule has 3 rings (SSSR count). The molecule has 2 aromatic carbocycles. The highest BCUT2D eigenvalue weighted by molar-refractivity contribution is 6.44. The van der Waals surface area contributed by atoms with Gasteiger partial charge in [-0.2, -0.15) is 5.10 Å². The number of nitrogens with zero attached hydrogens (tertiary/aromatic N) is 2. The van der Waals surface area contributed by atoms with Gasteiger partial charge in [-0.1, -0.05) is 17.7 Å². The van der Waals surface area contributed by atoms with Crippen molar-refractivity contribution in [1.82, 2.24) is 0 Å². The fourth-order valence-electron chi connectivity index (χ4n) is 2.55. The van der Waals surface area contributed by atoms with Gasteiger partial charge in [-0.25, -0.2) is 5.01 Å². The van der Waals surface area contributed by atoms with Crippen LogP contribution < -0.4 is 16.1 Å². The molecule has 0 saturated heterocycles. The van der Waals surface area contributed by atoms with E-state index in [2.05, 4.69) is 10.4 Å². The maximum absolute atomic E-state index is 12.5. The highest BCUT2D eigenvalue weighted by atomic mass is 35.5. The number of carbonyl (C=O) groups excluding carboxylic acids is 3. The zero-order valence-electron chi connectivity index (χ0n) is 14.5. The summed E-state index contributed by atoms with van der Waals surface area (Å²) in [6.07, 6.45) is 0.401. The molecule has 0 fully saturated rings. The van der Waals surface area contributed by atoms with Crippen LogP contribution in [0.4, 0.5) is 11.4 Å². The van der Waals surface area contributed by atoms with E-state index in [1.807, 2.05) is 6.92 Å². The van der Waals surface area contributed by atoms with Crippen LogP contribution in [0.5, 0.6) is 0 Å². The van der Waals surface area contributed by atoms with Crippen molar-refractivity contribution in [2.45, 2.75) is 19.8 Å². The van der Waals surface area contributed by atoms with Crippen molar-refractivity contribution in [1.29, 1.82) is 0 Å². The summed E-state index contributed by atoms with van der Waals surface area (Å²) in [6.45, 7) is 1.86. The molecule has 1 heterocycles. The van der Waals surface area contributed by atoms with Crippen LogP contribution in [0.1, 0.15) is 28.8 Å². The number of nitrogens with one attached hydrogen (secondary N) is 1. The lowest BCUT2D eigenvalue weighted by Crippen LogP contribution is -2.36. The molecule has 0 spiro atoms. The normalized spacial score (nSPS) is 13.9. The van der Waals surface area contributed by atoms with Crippen molar-refractivity contribution in [2.24, 2.45) is 10.8 Å². The van der Waals surface area contributed by atoms with Gasteiger partial charge in [0.25, 0.3) is 5.91 Å². The minimum Gasteiger partial charge on any atom is -0.366 e. The number of rotatable bonds is 4. The summed E-state index contributed by atoms with van der Waals surface area (Å²) in [5, 5.41) is 8.61. The second-order valence-electron chi connectivity index (χ2n) is 6.08. The maximum atomic E-state index is 12.5. The standard InChI is InChI=1S/C19H17ClN4O3/c1-11-2-7-14(10-15(11)20)24-17(25)9-8-16(23-24)19(27)22-13-5-3-12(4-6-13)18(21)26/h2-7,10H,8-9H2,1H3,(H2,21,26)(H,22,27). The minimum atomic E-state index is -0.546. The van der Waals surface area contributed by atoms with Gasteiger partial charge in [0.1, 0.15) is 5.71 Å². The number of hydrazone groups is 1. The molecular weight excluding hydrogens is 368 g/mol. The Labute approximate surface area is 160 Å². The lowest BCUT2D eigenvalue weighted by molar-refractivity contribution is -0.118. The van der Waals surface area contributed by atoms with Gasteiger partial charge in [0, 0.05) is 29.1 Å². The first kappa shape index (κ1) is 18.6. The number of aryl methyl sites for hydroxylation is 1. The van der Waals surface area contributed by atoms with Crippen molar-refractivity contribution >= 4 is 46.4 Å². The van der Waals surface area contributed by atoms with E-state index in [9.17, 15) is 14.4 Å². The number of hydrogen-bond acceptors (Lipinski definition) is 4. The molecule has 0 aliphatic carbocycles. The Hall–Kier alpha value is -3.19. The molecule has 0 atom stereocenters. The van der Waals surface area contributed by atoms with Gasteiger partial charge in [0.2, 0.25) is 11.8 Å². The van der Waals surface area contributed by atoms with E-state index in [0.29, 0.717) is 22.0 Å². The lowest BCUT2D eigenvalue weighted by atomic mass is 10.1.